The van der Waals surface area contributed by atoms with Gasteiger partial charge in [0.15, 0.2) is 9.84 Å². The van der Waals surface area contributed by atoms with Crippen LogP contribution >= 0.6 is 0 Å². The monoisotopic (exact) mass is 321 g/mol. The Kier molecular flexibility index (Phi) is 4.27. The number of alkyl halides is 3. The summed E-state index contributed by atoms with van der Waals surface area (Å²) in [5, 5.41) is 2.39. The Labute approximate surface area is 120 Å². The number of sulfone groups is 1. The summed E-state index contributed by atoms with van der Waals surface area (Å²) in [5.74, 6) is -1.05. The topological polar surface area (TPSA) is 63.2 Å². The maximum absolute atomic E-state index is 12.8. The fourth-order valence-corrected chi connectivity index (χ4v) is 4.16. The molecule has 0 bridgehead atoms. The van der Waals surface area contributed by atoms with Crippen LogP contribution in [0.3, 0.4) is 0 Å². The van der Waals surface area contributed by atoms with Crippen molar-refractivity contribution in [3.8, 4) is 0 Å². The van der Waals surface area contributed by atoms with Crippen LogP contribution in [0.25, 0.3) is 0 Å². The molecule has 0 aliphatic carbocycles. The zero-order valence-corrected chi connectivity index (χ0v) is 11.8. The van der Waals surface area contributed by atoms with Gasteiger partial charge in [-0.05, 0) is 24.5 Å². The highest BCUT2D eigenvalue weighted by Gasteiger charge is 2.35. The molecule has 0 spiro atoms. The van der Waals surface area contributed by atoms with Crippen LogP contribution in [0, 0.1) is 5.92 Å². The molecular formula is C13H14F3NO3S. The van der Waals surface area contributed by atoms with Crippen molar-refractivity contribution in [1.82, 2.24) is 5.32 Å². The lowest BCUT2D eigenvalue weighted by Gasteiger charge is -2.14. The summed E-state index contributed by atoms with van der Waals surface area (Å²) in [4.78, 5) is 11.9. The van der Waals surface area contributed by atoms with Gasteiger partial charge in [-0.2, -0.15) is 13.2 Å². The van der Waals surface area contributed by atoms with Crippen molar-refractivity contribution < 1.29 is 26.4 Å². The smallest absolute Gasteiger partial charge is 0.352 e. The summed E-state index contributed by atoms with van der Waals surface area (Å²) in [7, 11) is -3.07. The molecular weight excluding hydrogens is 307 g/mol. The molecule has 1 aliphatic heterocycles. The zero-order valence-electron chi connectivity index (χ0n) is 11.0. The first kappa shape index (κ1) is 15.8. The lowest BCUT2D eigenvalue weighted by atomic mass is 10.1. The minimum Gasteiger partial charge on any atom is -0.352 e. The molecule has 1 aliphatic rings. The lowest BCUT2D eigenvalue weighted by Crippen LogP contribution is -2.31. The van der Waals surface area contributed by atoms with E-state index >= 15 is 0 Å². The van der Waals surface area contributed by atoms with E-state index in [9.17, 15) is 26.4 Å². The number of hydrogen-bond acceptors (Lipinski definition) is 3. The Hall–Kier alpha value is -1.57. The van der Waals surface area contributed by atoms with Crippen LogP contribution in [0.4, 0.5) is 13.2 Å². The molecule has 8 heteroatoms. The number of carbonyl (C=O) groups excluding carboxylic acids is 1. The molecule has 1 fully saturated rings. The van der Waals surface area contributed by atoms with E-state index in [1.54, 1.807) is 0 Å². The molecule has 4 nitrogen and oxygen atoms in total. The lowest BCUT2D eigenvalue weighted by molar-refractivity contribution is -0.137. The van der Waals surface area contributed by atoms with Crippen LogP contribution in [0.15, 0.2) is 24.3 Å². The Morgan fingerprint density at radius 2 is 1.95 bits per heavy atom. The number of carbonyl (C=O) groups is 1. The number of nitrogens with one attached hydrogen (secondary N) is 1. The Bertz CT molecular complexity index is 640. The van der Waals surface area contributed by atoms with Gasteiger partial charge in [0.25, 0.3) is 5.91 Å². The fraction of sp³-hybridized carbons (Fsp3) is 0.462. The summed E-state index contributed by atoms with van der Waals surface area (Å²) < 4.78 is 60.9. The predicted octanol–water partition coefficient (Wildman–Crippen LogP) is 1.87. The van der Waals surface area contributed by atoms with E-state index < -0.39 is 33.0 Å². The third kappa shape index (κ3) is 3.96. The average Bonchev–Trinajstić information content (AvgIpc) is 2.74. The highest BCUT2D eigenvalue weighted by molar-refractivity contribution is 7.91. The van der Waals surface area contributed by atoms with Crippen molar-refractivity contribution >= 4 is 15.7 Å². The first-order valence-electron chi connectivity index (χ1n) is 6.34. The molecule has 1 heterocycles. The van der Waals surface area contributed by atoms with Gasteiger partial charge in [-0.3, -0.25) is 4.79 Å². The van der Waals surface area contributed by atoms with Gasteiger partial charge in [0.05, 0.1) is 22.6 Å². The molecule has 0 saturated carbocycles. The first-order chi connectivity index (χ1) is 9.69. The van der Waals surface area contributed by atoms with Crippen LogP contribution in [-0.2, 0) is 16.0 Å². The van der Waals surface area contributed by atoms with Crippen molar-refractivity contribution in [2.24, 2.45) is 5.92 Å². The second-order valence-corrected chi connectivity index (χ2v) is 7.25. The van der Waals surface area contributed by atoms with Crippen molar-refractivity contribution in [3.05, 3.63) is 35.4 Å². The molecule has 1 N–H and O–H groups in total. The van der Waals surface area contributed by atoms with Gasteiger partial charge in [0.1, 0.15) is 0 Å². The summed E-state index contributed by atoms with van der Waals surface area (Å²) >= 11 is 0. The molecule has 0 aromatic heterocycles. The molecule has 0 radical (unpaired) electrons. The molecule has 21 heavy (non-hydrogen) atoms. The summed E-state index contributed by atoms with van der Waals surface area (Å²) in [6, 6.07) is 4.51. The second kappa shape index (κ2) is 5.67. The van der Waals surface area contributed by atoms with Gasteiger partial charge in [-0.25, -0.2) is 8.42 Å². The molecule has 1 amide bonds. The van der Waals surface area contributed by atoms with Crippen LogP contribution < -0.4 is 5.32 Å². The standard InChI is InChI=1S/C13H14F3NO3S/c14-13(15,16)11-4-2-1-3-10(11)12(18)17-7-9-5-6-21(19,20)8-9/h1-4,9H,5-8H2,(H,17,18). The molecule has 1 unspecified atom stereocenters. The molecule has 1 atom stereocenters. The second-order valence-electron chi connectivity index (χ2n) is 5.02. The van der Waals surface area contributed by atoms with Gasteiger partial charge in [-0.1, -0.05) is 12.1 Å². The summed E-state index contributed by atoms with van der Waals surface area (Å²) in [5.41, 5.74) is -1.45. The molecule has 1 saturated heterocycles. The van der Waals surface area contributed by atoms with Crippen LogP contribution in [0.2, 0.25) is 0 Å². The van der Waals surface area contributed by atoms with Crippen molar-refractivity contribution in [1.29, 1.82) is 0 Å². The molecule has 2 rings (SSSR count). The third-order valence-electron chi connectivity index (χ3n) is 3.36. The number of amides is 1. The maximum Gasteiger partial charge on any atom is 0.417 e. The Morgan fingerprint density at radius 3 is 2.52 bits per heavy atom. The van der Waals surface area contributed by atoms with Crippen molar-refractivity contribution in [2.75, 3.05) is 18.1 Å². The number of benzene rings is 1. The van der Waals surface area contributed by atoms with Gasteiger partial charge in [0, 0.05) is 6.54 Å². The number of hydrogen-bond donors (Lipinski definition) is 1. The zero-order chi connectivity index (χ0) is 15.7. The average molecular weight is 321 g/mol. The van der Waals surface area contributed by atoms with E-state index in [0.717, 1.165) is 12.1 Å². The van der Waals surface area contributed by atoms with E-state index in [0.29, 0.717) is 6.42 Å². The Balaban J connectivity index is 2.05. The number of rotatable bonds is 3. The van der Waals surface area contributed by atoms with Crippen molar-refractivity contribution in [2.45, 2.75) is 12.6 Å². The maximum atomic E-state index is 12.8. The van der Waals surface area contributed by atoms with Crippen LogP contribution in [-0.4, -0.2) is 32.4 Å². The highest BCUT2D eigenvalue weighted by Crippen LogP contribution is 2.31. The Morgan fingerprint density at radius 1 is 1.29 bits per heavy atom. The quantitative estimate of drug-likeness (QED) is 0.924. The predicted molar refractivity (Wildman–Crippen MR) is 70.5 cm³/mol. The number of halogens is 3. The van der Waals surface area contributed by atoms with E-state index in [1.165, 1.54) is 12.1 Å². The van der Waals surface area contributed by atoms with Crippen molar-refractivity contribution in [3.63, 3.8) is 0 Å². The van der Waals surface area contributed by atoms with Gasteiger partial charge in [-0.15, -0.1) is 0 Å². The summed E-state index contributed by atoms with van der Waals surface area (Å²) in [6.07, 6.45) is -4.19. The normalized spacial score (nSPS) is 21.2. The third-order valence-corrected chi connectivity index (χ3v) is 5.19. The van der Waals surface area contributed by atoms with Crippen LogP contribution in [0.1, 0.15) is 22.3 Å². The fourth-order valence-electron chi connectivity index (χ4n) is 2.29. The minimum absolute atomic E-state index is 0.0335. The first-order valence-corrected chi connectivity index (χ1v) is 8.16. The minimum atomic E-state index is -4.61. The summed E-state index contributed by atoms with van der Waals surface area (Å²) in [6.45, 7) is 0.0598. The molecule has 1 aromatic rings. The molecule has 116 valence electrons. The van der Waals surface area contributed by atoms with E-state index in [4.69, 9.17) is 0 Å². The van der Waals surface area contributed by atoms with E-state index in [2.05, 4.69) is 5.32 Å². The van der Waals surface area contributed by atoms with E-state index in [-0.39, 0.29) is 24.0 Å². The largest absolute Gasteiger partial charge is 0.417 e. The van der Waals surface area contributed by atoms with E-state index in [1.807, 2.05) is 0 Å². The highest BCUT2D eigenvalue weighted by atomic mass is 32.2. The SMILES string of the molecule is O=C(NCC1CCS(=O)(=O)C1)c1ccccc1C(F)(F)F. The van der Waals surface area contributed by atoms with Gasteiger partial charge < -0.3 is 5.32 Å². The molecule has 1 aromatic carbocycles. The van der Waals surface area contributed by atoms with Gasteiger partial charge in [0.2, 0.25) is 0 Å². The van der Waals surface area contributed by atoms with Crippen LogP contribution in [0.5, 0.6) is 0 Å². The van der Waals surface area contributed by atoms with Gasteiger partial charge >= 0.3 is 6.18 Å².